The Bertz CT molecular complexity index is 1450. The summed E-state index contributed by atoms with van der Waals surface area (Å²) < 4.78 is 26.5. The number of benzene rings is 2. The zero-order chi connectivity index (χ0) is 23.5. The second-order valence-corrected chi connectivity index (χ2v) is 10.3. The molecule has 1 amide bonds. The van der Waals surface area contributed by atoms with Gasteiger partial charge in [-0.15, -0.1) is 0 Å². The van der Waals surface area contributed by atoms with E-state index in [-0.39, 0.29) is 11.7 Å². The quantitative estimate of drug-likeness (QED) is 0.458. The second-order valence-electron chi connectivity index (χ2n) is 8.27. The molecule has 0 radical (unpaired) electrons. The molecule has 172 valence electrons. The molecule has 0 spiro atoms. The number of nitrogens with zero attached hydrogens (tertiary/aromatic N) is 3. The number of amides is 1. The van der Waals surface area contributed by atoms with Crippen molar-refractivity contribution in [3.05, 3.63) is 84.6 Å². The summed E-state index contributed by atoms with van der Waals surface area (Å²) in [7, 11) is -3.32. The number of carbonyl (C=O) groups is 1. The van der Waals surface area contributed by atoms with Crippen LogP contribution in [0, 0.1) is 0 Å². The first-order chi connectivity index (χ1) is 16.5. The summed E-state index contributed by atoms with van der Waals surface area (Å²) >= 11 is 0. The van der Waals surface area contributed by atoms with E-state index in [2.05, 4.69) is 15.3 Å². The van der Waals surface area contributed by atoms with E-state index in [0.717, 1.165) is 35.1 Å². The molecule has 1 aliphatic rings. The normalized spacial score (nSPS) is 15.6. The van der Waals surface area contributed by atoms with Gasteiger partial charge in [-0.25, -0.2) is 13.4 Å². The zero-order valence-electron chi connectivity index (χ0n) is 18.5. The van der Waals surface area contributed by atoms with Gasteiger partial charge in [-0.3, -0.25) is 14.1 Å². The molecule has 34 heavy (non-hydrogen) atoms. The summed E-state index contributed by atoms with van der Waals surface area (Å²) in [5, 5.41) is 2.92. The summed E-state index contributed by atoms with van der Waals surface area (Å²) in [5.41, 5.74) is 5.00. The molecule has 7 nitrogen and oxygen atoms in total. The highest BCUT2D eigenvalue weighted by Crippen LogP contribution is 2.25. The second kappa shape index (κ2) is 9.23. The third-order valence-corrected chi connectivity index (χ3v) is 7.76. The van der Waals surface area contributed by atoms with Crippen molar-refractivity contribution < 1.29 is 13.2 Å². The van der Waals surface area contributed by atoms with Crippen LogP contribution < -0.4 is 9.62 Å². The van der Waals surface area contributed by atoms with Crippen LogP contribution in [0.4, 0.5) is 11.4 Å². The van der Waals surface area contributed by atoms with Crippen molar-refractivity contribution in [1.29, 1.82) is 0 Å². The van der Waals surface area contributed by atoms with Crippen LogP contribution >= 0.6 is 0 Å². The Morgan fingerprint density at radius 1 is 0.882 bits per heavy atom. The van der Waals surface area contributed by atoms with Crippen molar-refractivity contribution in [1.82, 2.24) is 9.97 Å². The molecule has 0 atom stereocenters. The summed E-state index contributed by atoms with van der Waals surface area (Å²) in [6.07, 6.45) is 4.16. The first-order valence-electron chi connectivity index (χ1n) is 11.2. The van der Waals surface area contributed by atoms with Crippen molar-refractivity contribution in [2.45, 2.75) is 19.3 Å². The predicted octanol–water partition coefficient (Wildman–Crippen LogP) is 4.87. The average Bonchev–Trinajstić information content (AvgIpc) is 3.04. The molecule has 4 aromatic rings. The van der Waals surface area contributed by atoms with Crippen molar-refractivity contribution in [3.8, 4) is 11.3 Å². The average molecular weight is 473 g/mol. The van der Waals surface area contributed by atoms with Crippen molar-refractivity contribution in [3.63, 3.8) is 0 Å². The molecule has 1 saturated heterocycles. The fourth-order valence-electron chi connectivity index (χ4n) is 4.11. The molecular formula is C26H24N4O3S. The summed E-state index contributed by atoms with van der Waals surface area (Å²) in [6.45, 7) is 0.472. The van der Waals surface area contributed by atoms with Crippen molar-refractivity contribution in [2.75, 3.05) is 21.9 Å². The molecule has 1 aliphatic heterocycles. The Balaban J connectivity index is 1.33. The van der Waals surface area contributed by atoms with Gasteiger partial charge in [-0.05, 0) is 73.5 Å². The number of nitrogens with one attached hydrogen (secondary N) is 1. The van der Waals surface area contributed by atoms with Crippen LogP contribution in [0.1, 0.15) is 29.6 Å². The van der Waals surface area contributed by atoms with Gasteiger partial charge in [-0.2, -0.15) is 0 Å². The molecule has 2 aromatic carbocycles. The monoisotopic (exact) mass is 472 g/mol. The van der Waals surface area contributed by atoms with Crippen LogP contribution in [-0.2, 0) is 10.0 Å². The lowest BCUT2D eigenvalue weighted by atomic mass is 10.1. The highest BCUT2D eigenvalue weighted by Gasteiger charge is 2.24. The maximum absolute atomic E-state index is 12.8. The van der Waals surface area contributed by atoms with Crippen LogP contribution in [0.3, 0.4) is 0 Å². The standard InChI is InChI=1S/C26H24N4O3S/c31-26(19-9-11-22(12-10-19)30-16-2-1-3-17-34(30,32)33)28-21-7-4-6-20(18-21)23-13-14-24-25(29-23)8-5-15-27-24/h4-15,18H,1-3,16-17H2,(H,28,31). The SMILES string of the molecule is O=C(Nc1cccc(-c2ccc3ncccc3n2)c1)c1ccc(N2CCCCCS2(=O)=O)cc1. The van der Waals surface area contributed by atoms with Gasteiger partial charge in [0.25, 0.3) is 5.91 Å². The van der Waals surface area contributed by atoms with E-state index in [1.807, 2.05) is 48.5 Å². The van der Waals surface area contributed by atoms with E-state index in [1.165, 1.54) is 4.31 Å². The highest BCUT2D eigenvalue weighted by atomic mass is 32.2. The van der Waals surface area contributed by atoms with Gasteiger partial charge < -0.3 is 5.32 Å². The highest BCUT2D eigenvalue weighted by molar-refractivity contribution is 7.92. The van der Waals surface area contributed by atoms with Gasteiger partial charge in [0, 0.05) is 29.6 Å². The van der Waals surface area contributed by atoms with Gasteiger partial charge in [0.1, 0.15) is 0 Å². The first kappa shape index (κ1) is 22.0. The minimum Gasteiger partial charge on any atom is -0.322 e. The Labute approximate surface area is 198 Å². The predicted molar refractivity (Wildman–Crippen MR) is 134 cm³/mol. The van der Waals surface area contributed by atoms with E-state index in [1.54, 1.807) is 30.5 Å². The van der Waals surface area contributed by atoms with Crippen molar-refractivity contribution in [2.24, 2.45) is 0 Å². The molecule has 0 unspecified atom stereocenters. The maximum Gasteiger partial charge on any atom is 0.255 e. The lowest BCUT2D eigenvalue weighted by molar-refractivity contribution is 0.102. The van der Waals surface area contributed by atoms with E-state index in [9.17, 15) is 13.2 Å². The molecule has 5 rings (SSSR count). The van der Waals surface area contributed by atoms with Crippen molar-refractivity contribution >= 4 is 38.3 Å². The van der Waals surface area contributed by atoms with Gasteiger partial charge in [0.15, 0.2) is 0 Å². The van der Waals surface area contributed by atoms with Gasteiger partial charge >= 0.3 is 0 Å². The van der Waals surface area contributed by atoms with Crippen LogP contribution in [0.25, 0.3) is 22.3 Å². The number of anilines is 2. The zero-order valence-corrected chi connectivity index (χ0v) is 19.3. The molecule has 0 aliphatic carbocycles. The molecule has 2 aromatic heterocycles. The van der Waals surface area contributed by atoms with Gasteiger partial charge in [0.2, 0.25) is 10.0 Å². The summed E-state index contributed by atoms with van der Waals surface area (Å²) in [6, 6.07) is 21.8. The summed E-state index contributed by atoms with van der Waals surface area (Å²) in [5.74, 6) is -0.105. The Kier molecular flexibility index (Phi) is 5.98. The lowest BCUT2D eigenvalue weighted by Crippen LogP contribution is -2.32. The van der Waals surface area contributed by atoms with Gasteiger partial charge in [-0.1, -0.05) is 18.6 Å². The number of fused-ring (bicyclic) bond motifs is 1. The summed E-state index contributed by atoms with van der Waals surface area (Å²) in [4.78, 5) is 21.8. The molecule has 8 heteroatoms. The van der Waals surface area contributed by atoms with E-state index < -0.39 is 10.0 Å². The molecular weight excluding hydrogens is 448 g/mol. The maximum atomic E-state index is 12.8. The van der Waals surface area contributed by atoms with Gasteiger partial charge in [0.05, 0.1) is 28.2 Å². The Morgan fingerprint density at radius 3 is 2.59 bits per heavy atom. The largest absolute Gasteiger partial charge is 0.322 e. The van der Waals surface area contributed by atoms with Crippen LogP contribution in [-0.4, -0.2) is 36.6 Å². The number of hydrogen-bond donors (Lipinski definition) is 1. The third-order valence-electron chi connectivity index (χ3n) is 5.89. The fourth-order valence-corrected chi connectivity index (χ4v) is 5.75. The Hall–Kier alpha value is -3.78. The minimum absolute atomic E-state index is 0.161. The number of carbonyl (C=O) groups excluding carboxylic acids is 1. The molecule has 1 N–H and O–H groups in total. The number of sulfonamides is 1. The number of pyridine rings is 2. The Morgan fingerprint density at radius 2 is 1.74 bits per heavy atom. The fraction of sp³-hybridized carbons (Fsp3) is 0.192. The number of hydrogen-bond acceptors (Lipinski definition) is 5. The van der Waals surface area contributed by atoms with E-state index >= 15 is 0 Å². The smallest absolute Gasteiger partial charge is 0.255 e. The third kappa shape index (κ3) is 4.63. The van der Waals surface area contributed by atoms with Crippen LogP contribution in [0.15, 0.2) is 79.0 Å². The molecule has 0 saturated carbocycles. The first-order valence-corrected chi connectivity index (χ1v) is 12.8. The van der Waals surface area contributed by atoms with Crippen LogP contribution in [0.2, 0.25) is 0 Å². The van der Waals surface area contributed by atoms with E-state index in [4.69, 9.17) is 0 Å². The molecule has 0 bridgehead atoms. The van der Waals surface area contributed by atoms with Crippen LogP contribution in [0.5, 0.6) is 0 Å². The minimum atomic E-state index is -3.32. The molecule has 1 fully saturated rings. The van der Waals surface area contributed by atoms with E-state index in [0.29, 0.717) is 29.9 Å². The molecule has 3 heterocycles. The lowest BCUT2D eigenvalue weighted by Gasteiger charge is -2.22. The topological polar surface area (TPSA) is 92.3 Å². The number of aromatic nitrogens is 2. The number of rotatable bonds is 4.